The molecule has 0 aromatic heterocycles. The molecule has 0 spiro atoms. The van der Waals surface area contributed by atoms with Crippen LogP contribution in [0.25, 0.3) is 0 Å². The van der Waals surface area contributed by atoms with E-state index >= 15 is 0 Å². The van der Waals surface area contributed by atoms with Crippen LogP contribution in [0.4, 0.5) is 0 Å². The van der Waals surface area contributed by atoms with Crippen LogP contribution in [0.2, 0.25) is 0 Å². The van der Waals surface area contributed by atoms with Crippen molar-refractivity contribution in [2.45, 2.75) is 19.8 Å². The van der Waals surface area contributed by atoms with Crippen LogP contribution in [0.3, 0.4) is 0 Å². The third-order valence-corrected chi connectivity index (χ3v) is 2.46. The second kappa shape index (κ2) is 5.60. The lowest BCUT2D eigenvalue weighted by Gasteiger charge is -2.17. The predicted molar refractivity (Wildman–Crippen MR) is 54.7 cm³/mol. The van der Waals surface area contributed by atoms with Crippen molar-refractivity contribution in [1.29, 1.82) is 0 Å². The first-order chi connectivity index (χ1) is 5.86. The monoisotopic (exact) mass is 187 g/mol. The predicted octanol–water partition coefficient (Wildman–Crippen LogP) is 2.51. The molecule has 0 N–H and O–H groups in total. The van der Waals surface area contributed by atoms with E-state index in [4.69, 9.17) is 11.6 Å². The molecule has 0 aromatic carbocycles. The first-order valence-corrected chi connectivity index (χ1v) is 5.33. The number of likely N-dealkylation sites (N-methyl/N-ethyl adjacent to an activating group) is 1. The molecule has 0 unspecified atom stereocenters. The fraction of sp³-hybridized carbons (Fsp3) is 0.800. The minimum Gasteiger partial charge on any atom is -0.300 e. The second-order valence-corrected chi connectivity index (χ2v) is 3.73. The molecule has 70 valence electrons. The molecule has 0 bridgehead atoms. The van der Waals surface area contributed by atoms with Crippen LogP contribution in [0.1, 0.15) is 19.8 Å². The molecule has 0 aliphatic heterocycles. The third-order valence-electron chi connectivity index (χ3n) is 2.28. The summed E-state index contributed by atoms with van der Waals surface area (Å²) in [6, 6.07) is 0. The number of hydrogen-bond acceptors (Lipinski definition) is 1. The third kappa shape index (κ3) is 4.13. The van der Waals surface area contributed by atoms with E-state index in [9.17, 15) is 0 Å². The zero-order chi connectivity index (χ0) is 8.81. The van der Waals surface area contributed by atoms with Crippen molar-refractivity contribution < 1.29 is 0 Å². The molecule has 2 heteroatoms. The van der Waals surface area contributed by atoms with Gasteiger partial charge in [0, 0.05) is 19.0 Å². The van der Waals surface area contributed by atoms with E-state index in [1.165, 1.54) is 19.4 Å². The van der Waals surface area contributed by atoms with Crippen LogP contribution in [-0.4, -0.2) is 30.4 Å². The lowest BCUT2D eigenvalue weighted by atomic mass is 10.3. The molecule has 1 fully saturated rings. The Labute approximate surface area is 80.4 Å². The normalized spacial score (nSPS) is 17.9. The van der Waals surface area contributed by atoms with Crippen LogP contribution in [0.15, 0.2) is 12.2 Å². The summed E-state index contributed by atoms with van der Waals surface area (Å²) in [5.41, 5.74) is 0. The van der Waals surface area contributed by atoms with Crippen molar-refractivity contribution in [2.24, 2.45) is 5.92 Å². The number of halogens is 1. The van der Waals surface area contributed by atoms with Crippen LogP contribution in [0, 0.1) is 5.92 Å². The highest BCUT2D eigenvalue weighted by Crippen LogP contribution is 2.29. The molecule has 1 aliphatic carbocycles. The van der Waals surface area contributed by atoms with E-state index in [2.05, 4.69) is 17.9 Å². The summed E-state index contributed by atoms with van der Waals surface area (Å²) in [5.74, 6) is 1.63. The Kier molecular flexibility index (Phi) is 4.70. The second-order valence-electron chi connectivity index (χ2n) is 3.42. The van der Waals surface area contributed by atoms with Gasteiger partial charge in [0.25, 0.3) is 0 Å². The first-order valence-electron chi connectivity index (χ1n) is 4.80. The van der Waals surface area contributed by atoms with Gasteiger partial charge in [0.2, 0.25) is 0 Å². The van der Waals surface area contributed by atoms with Gasteiger partial charge in [0.1, 0.15) is 0 Å². The van der Waals surface area contributed by atoms with Gasteiger partial charge in [-0.05, 0) is 25.3 Å². The average Bonchev–Trinajstić information content (AvgIpc) is 2.87. The maximum absolute atomic E-state index is 5.54. The van der Waals surface area contributed by atoms with E-state index in [0.29, 0.717) is 5.88 Å². The highest BCUT2D eigenvalue weighted by Gasteiger charge is 2.22. The van der Waals surface area contributed by atoms with Gasteiger partial charge in [-0.15, -0.1) is 11.6 Å². The smallest absolute Gasteiger partial charge is 0.0404 e. The van der Waals surface area contributed by atoms with E-state index in [1.54, 1.807) is 0 Å². The minimum absolute atomic E-state index is 0.640. The lowest BCUT2D eigenvalue weighted by Crippen LogP contribution is -2.25. The van der Waals surface area contributed by atoms with Crippen molar-refractivity contribution in [1.82, 2.24) is 4.90 Å². The molecule has 0 atom stereocenters. The lowest BCUT2D eigenvalue weighted by molar-refractivity contribution is 0.306. The van der Waals surface area contributed by atoms with Crippen molar-refractivity contribution in [3.63, 3.8) is 0 Å². The number of nitrogens with zero attached hydrogens (tertiary/aromatic N) is 1. The van der Waals surface area contributed by atoms with E-state index in [-0.39, 0.29) is 0 Å². The van der Waals surface area contributed by atoms with Crippen molar-refractivity contribution >= 4 is 11.6 Å². The maximum Gasteiger partial charge on any atom is 0.0404 e. The molecule has 0 amide bonds. The van der Waals surface area contributed by atoms with Crippen LogP contribution in [-0.2, 0) is 0 Å². The van der Waals surface area contributed by atoms with Gasteiger partial charge in [-0.1, -0.05) is 19.1 Å². The van der Waals surface area contributed by atoms with Gasteiger partial charge in [0.15, 0.2) is 0 Å². The van der Waals surface area contributed by atoms with Gasteiger partial charge >= 0.3 is 0 Å². The molecule has 0 saturated heterocycles. The van der Waals surface area contributed by atoms with Gasteiger partial charge in [-0.3, -0.25) is 4.90 Å². The Balaban J connectivity index is 2.10. The Morgan fingerprint density at radius 2 is 2.17 bits per heavy atom. The summed E-state index contributed by atoms with van der Waals surface area (Å²) in [6.45, 7) is 5.73. The first kappa shape index (κ1) is 10.1. The Bertz CT molecular complexity index is 141. The highest BCUT2D eigenvalue weighted by molar-refractivity contribution is 6.18. The number of rotatable bonds is 6. The minimum atomic E-state index is 0.640. The molecule has 1 nitrogen and oxygen atoms in total. The van der Waals surface area contributed by atoms with Crippen LogP contribution in [0.5, 0.6) is 0 Å². The largest absolute Gasteiger partial charge is 0.300 e. The van der Waals surface area contributed by atoms with Crippen molar-refractivity contribution in [2.75, 3.05) is 25.5 Å². The van der Waals surface area contributed by atoms with Gasteiger partial charge < -0.3 is 0 Å². The maximum atomic E-state index is 5.54. The van der Waals surface area contributed by atoms with E-state index in [0.717, 1.165) is 19.0 Å². The quantitative estimate of drug-likeness (QED) is 0.456. The number of alkyl halides is 1. The molecule has 1 rings (SSSR count). The molecule has 0 radical (unpaired) electrons. The fourth-order valence-corrected chi connectivity index (χ4v) is 1.41. The zero-order valence-electron chi connectivity index (χ0n) is 7.80. The summed E-state index contributed by atoms with van der Waals surface area (Å²) in [5, 5.41) is 0. The summed E-state index contributed by atoms with van der Waals surface area (Å²) in [7, 11) is 0. The summed E-state index contributed by atoms with van der Waals surface area (Å²) in [4.78, 5) is 2.47. The molecule has 12 heavy (non-hydrogen) atoms. The molecule has 0 aromatic rings. The van der Waals surface area contributed by atoms with E-state index < -0.39 is 0 Å². The molecule has 1 aliphatic rings. The molecule has 0 heterocycles. The molecular weight excluding hydrogens is 170 g/mol. The number of hydrogen-bond donors (Lipinski definition) is 0. The number of allylic oxidation sites excluding steroid dienone is 1. The Hall–Kier alpha value is -0.0100. The summed E-state index contributed by atoms with van der Waals surface area (Å²) in [6.07, 6.45) is 7.07. The summed E-state index contributed by atoms with van der Waals surface area (Å²) >= 11 is 5.54. The van der Waals surface area contributed by atoms with Gasteiger partial charge in [0.05, 0.1) is 0 Å². The van der Waals surface area contributed by atoms with Crippen LogP contribution >= 0.6 is 11.6 Å². The summed E-state index contributed by atoms with van der Waals surface area (Å²) < 4.78 is 0. The fourth-order valence-electron chi connectivity index (χ4n) is 1.28. The molecule has 1 saturated carbocycles. The van der Waals surface area contributed by atoms with E-state index in [1.807, 2.05) is 6.08 Å². The Morgan fingerprint density at radius 3 is 2.67 bits per heavy atom. The highest BCUT2D eigenvalue weighted by atomic mass is 35.5. The van der Waals surface area contributed by atoms with Crippen molar-refractivity contribution in [3.05, 3.63) is 12.2 Å². The average molecular weight is 188 g/mol. The van der Waals surface area contributed by atoms with Crippen molar-refractivity contribution in [3.8, 4) is 0 Å². The SMILES string of the molecule is CCN(CC=CCCl)CC1CC1. The standard InChI is InChI=1S/C10H18ClN/c1-2-12(8-4-3-7-11)9-10-5-6-10/h3-4,10H,2,5-9H2,1H3. The molecular formula is C10H18ClN. The van der Waals surface area contributed by atoms with Crippen LogP contribution < -0.4 is 0 Å². The zero-order valence-corrected chi connectivity index (χ0v) is 8.56. The van der Waals surface area contributed by atoms with Gasteiger partial charge in [-0.2, -0.15) is 0 Å². The Morgan fingerprint density at radius 1 is 1.42 bits per heavy atom. The van der Waals surface area contributed by atoms with Gasteiger partial charge in [-0.25, -0.2) is 0 Å². The topological polar surface area (TPSA) is 3.24 Å².